The number of esters is 1. The summed E-state index contributed by atoms with van der Waals surface area (Å²) < 4.78 is 5.63. The molecule has 0 saturated carbocycles. The van der Waals surface area contributed by atoms with Gasteiger partial charge in [-0.05, 0) is 63.6 Å². The van der Waals surface area contributed by atoms with Gasteiger partial charge >= 0.3 is 5.97 Å². The number of H-pyrrole nitrogens is 1. The zero-order chi connectivity index (χ0) is 20.8. The highest BCUT2D eigenvalue weighted by Gasteiger charge is 2.25. The van der Waals surface area contributed by atoms with E-state index in [-0.39, 0.29) is 12.1 Å². The van der Waals surface area contributed by atoms with Crippen LogP contribution in [-0.2, 0) is 9.53 Å². The Morgan fingerprint density at radius 1 is 1.07 bits per heavy atom. The Labute approximate surface area is 174 Å². The van der Waals surface area contributed by atoms with Crippen molar-refractivity contribution in [2.24, 2.45) is 5.41 Å². The van der Waals surface area contributed by atoms with Crippen molar-refractivity contribution in [3.05, 3.63) is 65.3 Å². The predicted octanol–water partition coefficient (Wildman–Crippen LogP) is 6.69. The Balaban J connectivity index is 1.69. The van der Waals surface area contributed by atoms with Crippen molar-refractivity contribution in [1.29, 1.82) is 0 Å². The molecular weight excluding hydrogens is 384 g/mol. The normalized spacial score (nSPS) is 13.0. The molecule has 2 aromatic heterocycles. The fourth-order valence-electron chi connectivity index (χ4n) is 3.24. The monoisotopic (exact) mass is 406 g/mol. The smallest absolute Gasteiger partial charge is 0.311 e. The molecule has 0 saturated heterocycles. The van der Waals surface area contributed by atoms with Crippen molar-refractivity contribution in [1.82, 2.24) is 9.97 Å². The van der Waals surface area contributed by atoms with Crippen molar-refractivity contribution >= 4 is 39.4 Å². The van der Waals surface area contributed by atoms with E-state index in [9.17, 15) is 4.79 Å². The number of para-hydroxylation sites is 1. The summed E-state index contributed by atoms with van der Waals surface area (Å²) in [4.78, 5) is 20.1. The fourth-order valence-corrected chi connectivity index (χ4v) is 3.48. The molecule has 1 atom stereocenters. The number of hydrogen-bond donors (Lipinski definition) is 1. The third-order valence-corrected chi connectivity index (χ3v) is 5.27. The number of hydrogen-bond acceptors (Lipinski definition) is 3. The van der Waals surface area contributed by atoms with Crippen LogP contribution >= 0.6 is 11.6 Å². The fraction of sp³-hybridized carbons (Fsp3) is 0.250. The predicted molar refractivity (Wildman–Crippen MR) is 118 cm³/mol. The second kappa shape index (κ2) is 7.20. The molecule has 1 unspecified atom stereocenters. The van der Waals surface area contributed by atoms with Gasteiger partial charge in [0.2, 0.25) is 0 Å². The van der Waals surface area contributed by atoms with Crippen LogP contribution in [0, 0.1) is 5.41 Å². The minimum absolute atomic E-state index is 0.214. The van der Waals surface area contributed by atoms with Gasteiger partial charge in [0.15, 0.2) is 0 Å². The van der Waals surface area contributed by atoms with Crippen molar-refractivity contribution in [2.75, 3.05) is 0 Å². The lowest BCUT2D eigenvalue weighted by Gasteiger charge is -2.21. The van der Waals surface area contributed by atoms with E-state index >= 15 is 0 Å². The van der Waals surface area contributed by atoms with Gasteiger partial charge in [0.25, 0.3) is 0 Å². The number of nitrogens with zero attached hydrogens (tertiary/aromatic N) is 1. The van der Waals surface area contributed by atoms with Gasteiger partial charge in [-0.1, -0.05) is 35.9 Å². The highest BCUT2D eigenvalue weighted by molar-refractivity contribution is 6.32. The Morgan fingerprint density at radius 3 is 2.59 bits per heavy atom. The lowest BCUT2D eigenvalue weighted by atomic mass is 9.97. The van der Waals surface area contributed by atoms with Gasteiger partial charge in [0.05, 0.1) is 10.9 Å². The second-order valence-electron chi connectivity index (χ2n) is 8.35. The standard InChI is InChI=1S/C24H23ClN2O2/c1-14(29-23(28)24(2,3)4)15-9-10-20-17(11-15)13-21(26-20)18-12-16-7-5-6-8-19(16)27-22(18)25/h5-14,26H,1-4H3. The molecule has 0 amide bonds. The SMILES string of the molecule is CC(OC(=O)C(C)(C)C)c1ccc2[nH]c(-c3cc4ccccc4nc3Cl)cc2c1. The van der Waals surface area contributed by atoms with E-state index < -0.39 is 5.41 Å². The number of nitrogens with one attached hydrogen (secondary N) is 1. The van der Waals surface area contributed by atoms with Crippen LogP contribution in [-0.4, -0.2) is 15.9 Å². The Kier molecular flexibility index (Phi) is 4.83. The number of aromatic nitrogens is 2. The third kappa shape index (κ3) is 3.85. The summed E-state index contributed by atoms with van der Waals surface area (Å²) in [7, 11) is 0. The molecule has 29 heavy (non-hydrogen) atoms. The molecule has 2 aromatic carbocycles. The molecule has 4 rings (SSSR count). The molecule has 0 radical (unpaired) electrons. The minimum atomic E-state index is -0.528. The van der Waals surface area contributed by atoms with Crippen LogP contribution in [0.2, 0.25) is 5.15 Å². The number of rotatable bonds is 3. The molecule has 2 heterocycles. The maximum absolute atomic E-state index is 12.2. The van der Waals surface area contributed by atoms with E-state index in [2.05, 4.69) is 16.0 Å². The van der Waals surface area contributed by atoms with Gasteiger partial charge in [0.1, 0.15) is 11.3 Å². The summed E-state index contributed by atoms with van der Waals surface area (Å²) in [6, 6.07) is 18.0. The molecule has 0 aliphatic rings. The molecule has 0 bridgehead atoms. The van der Waals surface area contributed by atoms with Gasteiger partial charge in [-0.25, -0.2) is 4.98 Å². The van der Waals surface area contributed by atoms with E-state index in [1.165, 1.54) is 0 Å². The first-order valence-electron chi connectivity index (χ1n) is 9.62. The van der Waals surface area contributed by atoms with Gasteiger partial charge in [0, 0.05) is 27.5 Å². The van der Waals surface area contributed by atoms with Crippen LogP contribution in [0.25, 0.3) is 33.1 Å². The van der Waals surface area contributed by atoms with Crippen LogP contribution in [0.1, 0.15) is 39.4 Å². The summed E-state index contributed by atoms with van der Waals surface area (Å²) in [6.45, 7) is 7.45. The van der Waals surface area contributed by atoms with Crippen LogP contribution in [0.4, 0.5) is 0 Å². The van der Waals surface area contributed by atoms with Gasteiger partial charge in [-0.2, -0.15) is 0 Å². The summed E-state index contributed by atoms with van der Waals surface area (Å²) in [6.07, 6.45) is -0.324. The summed E-state index contributed by atoms with van der Waals surface area (Å²) in [5.74, 6) is -0.214. The lowest BCUT2D eigenvalue weighted by molar-refractivity contribution is -0.158. The van der Waals surface area contributed by atoms with Gasteiger partial charge in [-0.15, -0.1) is 0 Å². The average Bonchev–Trinajstić information content (AvgIpc) is 3.09. The van der Waals surface area contributed by atoms with Gasteiger partial charge < -0.3 is 9.72 Å². The summed E-state index contributed by atoms with van der Waals surface area (Å²) in [5, 5.41) is 2.53. The number of halogens is 1. The lowest BCUT2D eigenvalue weighted by Crippen LogP contribution is -2.24. The quantitative estimate of drug-likeness (QED) is 0.304. The van der Waals surface area contributed by atoms with Crippen molar-refractivity contribution in [3.63, 3.8) is 0 Å². The van der Waals surface area contributed by atoms with Crippen LogP contribution in [0.15, 0.2) is 54.6 Å². The van der Waals surface area contributed by atoms with Crippen molar-refractivity contribution < 1.29 is 9.53 Å². The number of ether oxygens (including phenoxy) is 1. The van der Waals surface area contributed by atoms with Crippen LogP contribution in [0.3, 0.4) is 0 Å². The van der Waals surface area contributed by atoms with Gasteiger partial charge in [-0.3, -0.25) is 4.79 Å². The Morgan fingerprint density at radius 2 is 1.83 bits per heavy atom. The molecule has 4 aromatic rings. The third-order valence-electron chi connectivity index (χ3n) is 4.98. The largest absolute Gasteiger partial charge is 0.457 e. The Bertz CT molecular complexity index is 1220. The second-order valence-corrected chi connectivity index (χ2v) is 8.70. The zero-order valence-corrected chi connectivity index (χ0v) is 17.7. The molecule has 1 N–H and O–H groups in total. The molecule has 4 nitrogen and oxygen atoms in total. The zero-order valence-electron chi connectivity index (χ0n) is 16.9. The number of pyridine rings is 1. The van der Waals surface area contributed by atoms with Crippen LogP contribution in [0.5, 0.6) is 0 Å². The van der Waals surface area contributed by atoms with Crippen molar-refractivity contribution in [2.45, 2.75) is 33.8 Å². The highest BCUT2D eigenvalue weighted by atomic mass is 35.5. The molecule has 5 heteroatoms. The van der Waals surface area contributed by atoms with E-state index in [4.69, 9.17) is 16.3 Å². The maximum Gasteiger partial charge on any atom is 0.311 e. The number of fused-ring (bicyclic) bond motifs is 2. The molecule has 0 aliphatic carbocycles. The minimum Gasteiger partial charge on any atom is -0.457 e. The van der Waals surface area contributed by atoms with E-state index in [0.29, 0.717) is 5.15 Å². The first kappa shape index (κ1) is 19.5. The van der Waals surface area contributed by atoms with E-state index in [1.807, 2.05) is 76.2 Å². The maximum atomic E-state index is 12.2. The average molecular weight is 407 g/mol. The van der Waals surface area contributed by atoms with E-state index in [0.717, 1.165) is 38.6 Å². The van der Waals surface area contributed by atoms with Crippen molar-refractivity contribution in [3.8, 4) is 11.3 Å². The molecule has 0 fully saturated rings. The summed E-state index contributed by atoms with van der Waals surface area (Å²) >= 11 is 6.46. The molecular formula is C24H23ClN2O2. The number of carbonyl (C=O) groups is 1. The molecule has 148 valence electrons. The number of benzene rings is 2. The first-order chi connectivity index (χ1) is 13.7. The summed E-state index contributed by atoms with van der Waals surface area (Å²) in [5.41, 5.74) is 4.04. The number of carbonyl (C=O) groups excluding carboxylic acids is 1. The van der Waals surface area contributed by atoms with E-state index in [1.54, 1.807) is 0 Å². The Hall–Kier alpha value is -2.85. The molecule has 0 aliphatic heterocycles. The molecule has 0 spiro atoms. The highest BCUT2D eigenvalue weighted by Crippen LogP contribution is 2.33. The first-order valence-corrected chi connectivity index (χ1v) is 9.99. The van der Waals surface area contributed by atoms with Crippen LogP contribution < -0.4 is 0 Å². The topological polar surface area (TPSA) is 55.0 Å². The number of aromatic amines is 1.